The molecule has 2 rings (SSSR count). The van der Waals surface area contributed by atoms with Crippen LogP contribution in [-0.2, 0) is 14.4 Å². The Bertz CT molecular complexity index is 447. The summed E-state index contributed by atoms with van der Waals surface area (Å²) in [5, 5.41) is 2.28. The lowest BCUT2D eigenvalue weighted by Gasteiger charge is -2.40. The minimum atomic E-state index is -0.964. The highest BCUT2D eigenvalue weighted by Crippen LogP contribution is 2.28. The second kappa shape index (κ2) is 6.13. The van der Waals surface area contributed by atoms with Crippen LogP contribution < -0.4 is 11.1 Å². The van der Waals surface area contributed by atoms with Gasteiger partial charge in [0.2, 0.25) is 11.8 Å². The molecule has 1 aliphatic carbocycles. The van der Waals surface area contributed by atoms with Crippen molar-refractivity contribution < 1.29 is 14.4 Å². The lowest BCUT2D eigenvalue weighted by Crippen LogP contribution is -2.65. The fourth-order valence-corrected chi connectivity index (χ4v) is 3.24. The molecule has 3 N–H and O–H groups in total. The van der Waals surface area contributed by atoms with E-state index >= 15 is 0 Å². The molecular formula is C15H25N3O3. The van der Waals surface area contributed by atoms with E-state index in [0.29, 0.717) is 12.3 Å². The number of nitrogens with zero attached hydrogens (tertiary/aromatic N) is 1. The van der Waals surface area contributed by atoms with Gasteiger partial charge in [-0.1, -0.05) is 12.8 Å². The van der Waals surface area contributed by atoms with Crippen LogP contribution in [0.1, 0.15) is 52.4 Å². The summed E-state index contributed by atoms with van der Waals surface area (Å²) in [5.74, 6) is -0.461. The van der Waals surface area contributed by atoms with E-state index in [1.54, 1.807) is 13.8 Å². The van der Waals surface area contributed by atoms with Crippen LogP contribution in [-0.4, -0.2) is 40.7 Å². The third kappa shape index (κ3) is 3.61. The van der Waals surface area contributed by atoms with Gasteiger partial charge < -0.3 is 10.6 Å². The van der Waals surface area contributed by atoms with E-state index < -0.39 is 17.4 Å². The van der Waals surface area contributed by atoms with Crippen molar-refractivity contribution in [3.05, 3.63) is 0 Å². The quantitative estimate of drug-likeness (QED) is 0.744. The van der Waals surface area contributed by atoms with Crippen LogP contribution in [0.25, 0.3) is 0 Å². The fraction of sp³-hybridized carbons (Fsp3) is 0.800. The van der Waals surface area contributed by atoms with E-state index in [0.717, 1.165) is 32.1 Å². The van der Waals surface area contributed by atoms with Crippen LogP contribution in [0.5, 0.6) is 0 Å². The molecule has 2 atom stereocenters. The lowest BCUT2D eigenvalue weighted by atomic mass is 9.83. The van der Waals surface area contributed by atoms with Crippen molar-refractivity contribution in [2.24, 2.45) is 11.7 Å². The number of nitrogens with one attached hydrogen (secondary N) is 1. The molecule has 21 heavy (non-hydrogen) atoms. The first-order valence-electron chi connectivity index (χ1n) is 7.71. The Morgan fingerprint density at radius 1 is 1.38 bits per heavy atom. The van der Waals surface area contributed by atoms with Gasteiger partial charge in [0.05, 0.1) is 0 Å². The van der Waals surface area contributed by atoms with Gasteiger partial charge in [0.15, 0.2) is 0 Å². The summed E-state index contributed by atoms with van der Waals surface area (Å²) in [6.07, 6.45) is 5.44. The van der Waals surface area contributed by atoms with Crippen LogP contribution in [0.2, 0.25) is 0 Å². The Kier molecular flexibility index (Phi) is 4.66. The average molecular weight is 295 g/mol. The summed E-state index contributed by atoms with van der Waals surface area (Å²) in [6, 6.07) is 0.248. The third-order valence-corrected chi connectivity index (χ3v) is 4.68. The van der Waals surface area contributed by atoms with E-state index in [-0.39, 0.29) is 18.5 Å². The summed E-state index contributed by atoms with van der Waals surface area (Å²) < 4.78 is 0. The first-order valence-corrected chi connectivity index (χ1v) is 7.71. The van der Waals surface area contributed by atoms with E-state index in [4.69, 9.17) is 5.73 Å². The highest BCUT2D eigenvalue weighted by molar-refractivity contribution is 6.06. The maximum atomic E-state index is 12.4. The Morgan fingerprint density at radius 2 is 2.10 bits per heavy atom. The largest absolute Gasteiger partial charge is 0.328 e. The summed E-state index contributed by atoms with van der Waals surface area (Å²) in [5.41, 5.74) is 5.00. The number of carbonyl (C=O) groups excluding carboxylic acids is 3. The van der Waals surface area contributed by atoms with Crippen molar-refractivity contribution in [1.29, 1.82) is 0 Å². The molecule has 118 valence electrons. The van der Waals surface area contributed by atoms with Crippen LogP contribution in [0.15, 0.2) is 0 Å². The minimum Gasteiger partial charge on any atom is -0.328 e. The molecule has 1 aliphatic heterocycles. The van der Waals surface area contributed by atoms with Crippen molar-refractivity contribution in [2.75, 3.05) is 6.54 Å². The Hall–Kier alpha value is -1.43. The number of hydrogen-bond donors (Lipinski definition) is 2. The molecule has 0 aromatic heterocycles. The zero-order valence-corrected chi connectivity index (χ0v) is 12.9. The molecule has 6 heteroatoms. The van der Waals surface area contributed by atoms with Gasteiger partial charge in [0, 0.05) is 12.5 Å². The number of imide groups is 1. The first-order chi connectivity index (χ1) is 9.80. The van der Waals surface area contributed by atoms with E-state index in [1.807, 2.05) is 0 Å². The molecule has 0 radical (unpaired) electrons. The highest BCUT2D eigenvalue weighted by atomic mass is 16.2. The van der Waals surface area contributed by atoms with Gasteiger partial charge in [0.25, 0.3) is 5.91 Å². The second-order valence-corrected chi connectivity index (χ2v) is 6.75. The van der Waals surface area contributed by atoms with Crippen molar-refractivity contribution in [2.45, 2.75) is 64.0 Å². The van der Waals surface area contributed by atoms with Gasteiger partial charge in [-0.05, 0) is 39.0 Å². The van der Waals surface area contributed by atoms with Gasteiger partial charge in [-0.2, -0.15) is 0 Å². The number of carbonyl (C=O) groups is 3. The number of rotatable bonds is 3. The van der Waals surface area contributed by atoms with Crippen LogP contribution in [0, 0.1) is 5.92 Å². The van der Waals surface area contributed by atoms with Crippen molar-refractivity contribution >= 4 is 17.7 Å². The van der Waals surface area contributed by atoms with E-state index in [2.05, 4.69) is 5.32 Å². The van der Waals surface area contributed by atoms with E-state index in [1.165, 1.54) is 4.90 Å². The standard InChI is InChI=1S/C15H25N3O3/c1-15(2)14(21)17-12(19)9-18(15)13(20)7-6-10-4-3-5-11(16)8-10/h10-11H,3-9,16H2,1-2H3,(H,17,19,21). The molecule has 1 heterocycles. The molecule has 0 bridgehead atoms. The molecule has 1 saturated heterocycles. The summed E-state index contributed by atoms with van der Waals surface area (Å²) in [4.78, 5) is 37.1. The summed E-state index contributed by atoms with van der Waals surface area (Å²) >= 11 is 0. The van der Waals surface area contributed by atoms with Gasteiger partial charge in [0.1, 0.15) is 12.1 Å². The van der Waals surface area contributed by atoms with E-state index in [9.17, 15) is 14.4 Å². The zero-order chi connectivity index (χ0) is 15.6. The molecular weight excluding hydrogens is 270 g/mol. The first kappa shape index (κ1) is 15.9. The zero-order valence-electron chi connectivity index (χ0n) is 12.9. The maximum Gasteiger partial charge on any atom is 0.252 e. The molecule has 2 fully saturated rings. The summed E-state index contributed by atoms with van der Waals surface area (Å²) in [7, 11) is 0. The fourth-order valence-electron chi connectivity index (χ4n) is 3.24. The Morgan fingerprint density at radius 3 is 2.76 bits per heavy atom. The Balaban J connectivity index is 1.92. The van der Waals surface area contributed by atoms with Gasteiger partial charge >= 0.3 is 0 Å². The SMILES string of the molecule is CC1(C)C(=O)NC(=O)CN1C(=O)CCC1CCCC(N)C1. The highest BCUT2D eigenvalue weighted by Gasteiger charge is 2.43. The molecule has 0 aromatic rings. The van der Waals surface area contributed by atoms with Crippen molar-refractivity contribution in [1.82, 2.24) is 10.2 Å². The molecule has 0 aromatic carbocycles. The predicted molar refractivity (Wildman–Crippen MR) is 78.1 cm³/mol. The molecule has 6 nitrogen and oxygen atoms in total. The number of piperazine rings is 1. The number of amides is 3. The second-order valence-electron chi connectivity index (χ2n) is 6.75. The average Bonchev–Trinajstić information content (AvgIpc) is 2.40. The molecule has 1 saturated carbocycles. The minimum absolute atomic E-state index is 0.0399. The summed E-state index contributed by atoms with van der Waals surface area (Å²) in [6.45, 7) is 3.30. The number of hydrogen-bond acceptors (Lipinski definition) is 4. The van der Waals surface area contributed by atoms with Gasteiger partial charge in [-0.15, -0.1) is 0 Å². The van der Waals surface area contributed by atoms with Gasteiger partial charge in [-0.3, -0.25) is 19.7 Å². The van der Waals surface area contributed by atoms with Crippen LogP contribution in [0.4, 0.5) is 0 Å². The molecule has 0 spiro atoms. The maximum absolute atomic E-state index is 12.4. The molecule has 2 aliphatic rings. The smallest absolute Gasteiger partial charge is 0.252 e. The topological polar surface area (TPSA) is 92.5 Å². The van der Waals surface area contributed by atoms with Gasteiger partial charge in [-0.25, -0.2) is 0 Å². The van der Waals surface area contributed by atoms with Crippen LogP contribution in [0.3, 0.4) is 0 Å². The van der Waals surface area contributed by atoms with Crippen LogP contribution >= 0.6 is 0 Å². The third-order valence-electron chi connectivity index (χ3n) is 4.68. The predicted octanol–water partition coefficient (Wildman–Crippen LogP) is 0.548. The molecule has 2 unspecified atom stereocenters. The molecule has 3 amide bonds. The van der Waals surface area contributed by atoms with Crippen molar-refractivity contribution in [3.63, 3.8) is 0 Å². The Labute approximate surface area is 125 Å². The lowest BCUT2D eigenvalue weighted by molar-refractivity contribution is -0.155. The normalized spacial score (nSPS) is 29.2. The monoisotopic (exact) mass is 295 g/mol. The van der Waals surface area contributed by atoms with Crippen molar-refractivity contribution in [3.8, 4) is 0 Å². The number of nitrogens with two attached hydrogens (primary N) is 1.